The number of hydrogen-bond acceptors (Lipinski definition) is 4. The first-order valence-electron chi connectivity index (χ1n) is 6.32. The normalized spacial score (nSPS) is 13.2. The average Bonchev–Trinajstić information content (AvgIpc) is 2.68. The zero-order valence-corrected chi connectivity index (χ0v) is 12.1. The smallest absolute Gasteiger partial charge is 0.0842 e. The average molecular weight is 256 g/mol. The third-order valence-electron chi connectivity index (χ3n) is 2.42. The van der Waals surface area contributed by atoms with E-state index >= 15 is 0 Å². The van der Waals surface area contributed by atoms with E-state index < -0.39 is 0 Å². The summed E-state index contributed by atoms with van der Waals surface area (Å²) < 4.78 is 1.77. The number of nitrogens with one attached hydrogen (secondary N) is 1. The minimum Gasteiger partial charge on any atom is -0.313 e. The van der Waals surface area contributed by atoms with E-state index in [1.165, 1.54) is 6.42 Å². The number of hydrogen-bond donors (Lipinski definition) is 1. The van der Waals surface area contributed by atoms with Crippen molar-refractivity contribution in [3.8, 4) is 0 Å². The fourth-order valence-electron chi connectivity index (χ4n) is 1.59. The lowest BCUT2D eigenvalue weighted by molar-refractivity contribution is 0.544. The van der Waals surface area contributed by atoms with Crippen LogP contribution in [-0.2, 0) is 13.5 Å². The summed E-state index contributed by atoms with van der Waals surface area (Å²) in [4.78, 5) is 0. The Labute approximate surface area is 109 Å². The third kappa shape index (κ3) is 6.07. The van der Waals surface area contributed by atoms with Gasteiger partial charge in [0.05, 0.1) is 5.69 Å². The molecule has 0 spiro atoms. The Morgan fingerprint density at radius 2 is 2.24 bits per heavy atom. The molecule has 17 heavy (non-hydrogen) atoms. The van der Waals surface area contributed by atoms with Gasteiger partial charge in [-0.1, -0.05) is 26.0 Å². The number of aromatic nitrogens is 3. The van der Waals surface area contributed by atoms with Crippen LogP contribution in [0.25, 0.3) is 0 Å². The Hall–Kier alpha value is -0.550. The molecule has 0 radical (unpaired) electrons. The van der Waals surface area contributed by atoms with Gasteiger partial charge in [0.1, 0.15) is 0 Å². The van der Waals surface area contributed by atoms with Crippen molar-refractivity contribution in [3.63, 3.8) is 0 Å². The molecule has 98 valence electrons. The van der Waals surface area contributed by atoms with Crippen molar-refractivity contribution in [2.45, 2.75) is 44.9 Å². The summed E-state index contributed by atoms with van der Waals surface area (Å²) in [5.74, 6) is 1.13. The number of rotatable bonds is 8. The molecule has 4 nitrogen and oxygen atoms in total. The van der Waals surface area contributed by atoms with Crippen LogP contribution in [0, 0.1) is 0 Å². The fourth-order valence-corrected chi connectivity index (χ4v) is 2.44. The van der Waals surface area contributed by atoms with Crippen LogP contribution in [0.4, 0.5) is 0 Å². The van der Waals surface area contributed by atoms with Gasteiger partial charge in [-0.15, -0.1) is 5.10 Å². The van der Waals surface area contributed by atoms with Gasteiger partial charge in [0, 0.05) is 31.5 Å². The van der Waals surface area contributed by atoms with Gasteiger partial charge in [-0.3, -0.25) is 4.68 Å². The predicted molar refractivity (Wildman–Crippen MR) is 74.4 cm³/mol. The van der Waals surface area contributed by atoms with Crippen LogP contribution in [0.3, 0.4) is 0 Å². The molecule has 0 aliphatic heterocycles. The van der Waals surface area contributed by atoms with Gasteiger partial charge in [-0.2, -0.15) is 11.8 Å². The van der Waals surface area contributed by atoms with Crippen molar-refractivity contribution >= 4 is 11.8 Å². The zero-order valence-electron chi connectivity index (χ0n) is 11.3. The second kappa shape index (κ2) is 7.71. The highest BCUT2D eigenvalue weighted by Crippen LogP contribution is 2.12. The summed E-state index contributed by atoms with van der Waals surface area (Å²) in [6.07, 6.45) is 4.14. The molecular weight excluding hydrogens is 232 g/mol. The number of thioether (sulfide) groups is 1. The van der Waals surface area contributed by atoms with Crippen LogP contribution in [0.15, 0.2) is 6.20 Å². The van der Waals surface area contributed by atoms with Crippen LogP contribution in [0.2, 0.25) is 0 Å². The van der Waals surface area contributed by atoms with E-state index in [2.05, 4.69) is 36.4 Å². The first kappa shape index (κ1) is 14.5. The standard InChI is InChI=1S/C12H24N4S/c1-5-6-13-12(9-17-10(2)3)7-11-8-16(4)15-14-11/h8,10,12-13H,5-7,9H2,1-4H3. The molecular formula is C12H24N4S. The van der Waals surface area contributed by atoms with E-state index in [9.17, 15) is 0 Å². The van der Waals surface area contributed by atoms with Gasteiger partial charge in [0.2, 0.25) is 0 Å². The summed E-state index contributed by atoms with van der Waals surface area (Å²) >= 11 is 2.00. The molecule has 1 heterocycles. The Balaban J connectivity index is 2.44. The molecule has 1 aromatic rings. The van der Waals surface area contributed by atoms with Crippen LogP contribution < -0.4 is 5.32 Å². The van der Waals surface area contributed by atoms with Crippen molar-refractivity contribution in [2.24, 2.45) is 7.05 Å². The number of nitrogens with zero attached hydrogens (tertiary/aromatic N) is 3. The van der Waals surface area contributed by atoms with Crippen molar-refractivity contribution in [3.05, 3.63) is 11.9 Å². The fraction of sp³-hybridized carbons (Fsp3) is 0.833. The molecule has 0 saturated carbocycles. The Kier molecular flexibility index (Phi) is 6.58. The second-order valence-corrected chi connectivity index (χ2v) is 6.23. The largest absolute Gasteiger partial charge is 0.313 e. The highest BCUT2D eigenvalue weighted by molar-refractivity contribution is 7.99. The molecule has 1 rings (SSSR count). The topological polar surface area (TPSA) is 42.7 Å². The van der Waals surface area contributed by atoms with Crippen LogP contribution >= 0.6 is 11.8 Å². The quantitative estimate of drug-likeness (QED) is 0.771. The second-order valence-electron chi connectivity index (χ2n) is 4.62. The molecule has 0 amide bonds. The van der Waals surface area contributed by atoms with E-state index in [-0.39, 0.29) is 0 Å². The highest BCUT2D eigenvalue weighted by atomic mass is 32.2. The van der Waals surface area contributed by atoms with Gasteiger partial charge in [-0.25, -0.2) is 0 Å². The summed E-state index contributed by atoms with van der Waals surface area (Å²) in [6.45, 7) is 7.75. The van der Waals surface area contributed by atoms with Gasteiger partial charge < -0.3 is 5.32 Å². The van der Waals surface area contributed by atoms with Crippen molar-refractivity contribution < 1.29 is 0 Å². The maximum Gasteiger partial charge on any atom is 0.0842 e. The first-order valence-corrected chi connectivity index (χ1v) is 7.36. The maximum atomic E-state index is 4.15. The van der Waals surface area contributed by atoms with Crippen molar-refractivity contribution in [2.75, 3.05) is 12.3 Å². The SMILES string of the molecule is CCCNC(CSC(C)C)Cc1cn(C)nn1. The summed E-state index contributed by atoms with van der Waals surface area (Å²) in [6, 6.07) is 0.499. The van der Waals surface area contributed by atoms with Gasteiger partial charge >= 0.3 is 0 Å². The van der Waals surface area contributed by atoms with Crippen molar-refractivity contribution in [1.29, 1.82) is 0 Å². The molecule has 1 aromatic heterocycles. The van der Waals surface area contributed by atoms with Crippen LogP contribution in [0.1, 0.15) is 32.9 Å². The molecule has 1 atom stereocenters. The Morgan fingerprint density at radius 1 is 1.47 bits per heavy atom. The molecule has 0 fully saturated rings. The van der Waals surface area contributed by atoms with E-state index in [1.54, 1.807) is 4.68 Å². The lowest BCUT2D eigenvalue weighted by Gasteiger charge is -2.18. The third-order valence-corrected chi connectivity index (χ3v) is 3.68. The van der Waals surface area contributed by atoms with E-state index in [0.29, 0.717) is 11.3 Å². The van der Waals surface area contributed by atoms with Gasteiger partial charge in [-0.05, 0) is 18.2 Å². The number of aryl methyl sites for hydroxylation is 1. The lowest BCUT2D eigenvalue weighted by Crippen LogP contribution is -2.34. The summed E-state index contributed by atoms with van der Waals surface area (Å²) in [7, 11) is 1.91. The monoisotopic (exact) mass is 256 g/mol. The molecule has 1 unspecified atom stereocenters. The molecule has 1 N–H and O–H groups in total. The molecule has 0 aromatic carbocycles. The summed E-state index contributed by atoms with van der Waals surface area (Å²) in [5, 5.41) is 12.4. The predicted octanol–water partition coefficient (Wildman–Crippen LogP) is 1.87. The molecule has 0 aliphatic rings. The molecule has 5 heteroatoms. The first-order chi connectivity index (χ1) is 8.11. The molecule has 0 bridgehead atoms. The minimum atomic E-state index is 0.499. The van der Waals surface area contributed by atoms with E-state index in [0.717, 1.165) is 24.4 Å². The summed E-state index contributed by atoms with van der Waals surface area (Å²) in [5.41, 5.74) is 1.07. The molecule has 0 aliphatic carbocycles. The Bertz CT molecular complexity index is 311. The highest BCUT2D eigenvalue weighted by Gasteiger charge is 2.12. The van der Waals surface area contributed by atoms with Gasteiger partial charge in [0.25, 0.3) is 0 Å². The lowest BCUT2D eigenvalue weighted by atomic mass is 10.2. The van der Waals surface area contributed by atoms with Crippen LogP contribution in [-0.4, -0.2) is 38.6 Å². The Morgan fingerprint density at radius 3 is 2.76 bits per heavy atom. The van der Waals surface area contributed by atoms with Crippen LogP contribution in [0.5, 0.6) is 0 Å². The zero-order chi connectivity index (χ0) is 12.7. The molecule has 0 saturated heterocycles. The van der Waals surface area contributed by atoms with Crippen molar-refractivity contribution in [1.82, 2.24) is 20.3 Å². The minimum absolute atomic E-state index is 0.499. The van der Waals surface area contributed by atoms with Gasteiger partial charge in [0.15, 0.2) is 0 Å². The maximum absolute atomic E-state index is 4.15. The van der Waals surface area contributed by atoms with E-state index in [4.69, 9.17) is 0 Å². The van der Waals surface area contributed by atoms with E-state index in [1.807, 2.05) is 25.0 Å².